The molecule has 0 radical (unpaired) electrons. The maximum atomic E-state index is 14.0. The number of para-hydroxylation sites is 1. The van der Waals surface area contributed by atoms with Crippen LogP contribution >= 0.6 is 11.3 Å². The van der Waals surface area contributed by atoms with Crippen LogP contribution in [0.4, 0.5) is 9.52 Å². The molecule has 1 aliphatic heterocycles. The van der Waals surface area contributed by atoms with Crippen LogP contribution in [0.2, 0.25) is 0 Å². The summed E-state index contributed by atoms with van der Waals surface area (Å²) in [5, 5.41) is 4.97. The number of benzene rings is 2. The third-order valence-electron chi connectivity index (χ3n) is 4.75. The fourth-order valence-corrected chi connectivity index (χ4v) is 3.91. The summed E-state index contributed by atoms with van der Waals surface area (Å²) < 4.78 is 30.3. The number of methoxy groups -OCH3 is 1. The average molecular weight is 428 g/mol. The van der Waals surface area contributed by atoms with E-state index in [1.807, 2.05) is 6.07 Å². The number of carbonyl (C=O) groups excluding carboxylic acids is 1. The largest absolute Gasteiger partial charge is 0.494 e. The highest BCUT2D eigenvalue weighted by Crippen LogP contribution is 2.29. The van der Waals surface area contributed by atoms with Gasteiger partial charge in [0, 0.05) is 17.6 Å². The van der Waals surface area contributed by atoms with E-state index in [9.17, 15) is 9.18 Å². The fraction of sp³-hybridized carbons (Fsp3) is 0.273. The van der Waals surface area contributed by atoms with Gasteiger partial charge in [-0.15, -0.1) is 11.3 Å². The molecule has 0 saturated carbocycles. The van der Waals surface area contributed by atoms with Gasteiger partial charge in [0.15, 0.2) is 16.7 Å². The molecule has 2 aromatic carbocycles. The number of carbonyl (C=O) groups is 1. The molecule has 30 heavy (non-hydrogen) atoms. The fourth-order valence-electron chi connectivity index (χ4n) is 3.19. The predicted octanol–water partition coefficient (Wildman–Crippen LogP) is 4.77. The topological polar surface area (TPSA) is 69.7 Å². The van der Waals surface area contributed by atoms with Crippen molar-refractivity contribution in [2.24, 2.45) is 0 Å². The van der Waals surface area contributed by atoms with Crippen molar-refractivity contribution >= 4 is 22.4 Å². The van der Waals surface area contributed by atoms with Crippen LogP contribution in [0, 0.1) is 5.82 Å². The number of anilines is 1. The Kier molecular flexibility index (Phi) is 6.25. The standard InChI is InChI=1S/C22H21FN2O4S/c1-27-20-9-8-14(11-17(20)23)18-13-30-22(24-18)25-21(26)16-6-2-3-7-19(16)29-12-15-5-4-10-28-15/h2-3,6-9,11,13,15H,4-5,10,12H2,1H3,(H,24,25,26). The first kappa shape index (κ1) is 20.3. The highest BCUT2D eigenvalue weighted by Gasteiger charge is 2.19. The van der Waals surface area contributed by atoms with Gasteiger partial charge < -0.3 is 14.2 Å². The van der Waals surface area contributed by atoms with E-state index in [0.717, 1.165) is 19.4 Å². The molecule has 4 rings (SSSR count). The lowest BCUT2D eigenvalue weighted by Crippen LogP contribution is -2.19. The molecule has 1 amide bonds. The van der Waals surface area contributed by atoms with Crippen LogP contribution in [0.5, 0.6) is 11.5 Å². The molecule has 0 bridgehead atoms. The second kappa shape index (κ2) is 9.23. The first-order valence-electron chi connectivity index (χ1n) is 9.58. The van der Waals surface area contributed by atoms with Crippen molar-refractivity contribution < 1.29 is 23.4 Å². The van der Waals surface area contributed by atoms with Crippen molar-refractivity contribution in [1.82, 2.24) is 4.98 Å². The minimum atomic E-state index is -0.467. The zero-order valence-corrected chi connectivity index (χ0v) is 17.2. The second-order valence-corrected chi connectivity index (χ2v) is 7.64. The van der Waals surface area contributed by atoms with Gasteiger partial charge in [0.05, 0.1) is 24.5 Å². The van der Waals surface area contributed by atoms with Gasteiger partial charge in [0.1, 0.15) is 12.4 Å². The Hall–Kier alpha value is -2.97. The molecule has 0 aliphatic carbocycles. The summed E-state index contributed by atoms with van der Waals surface area (Å²) >= 11 is 1.27. The number of aromatic nitrogens is 1. The molecule has 1 atom stereocenters. The molecule has 3 aromatic rings. The molecule has 6 nitrogen and oxygen atoms in total. The summed E-state index contributed by atoms with van der Waals surface area (Å²) in [4.78, 5) is 17.2. The Labute approximate surface area is 177 Å². The third kappa shape index (κ3) is 4.60. The maximum Gasteiger partial charge on any atom is 0.261 e. The number of rotatable bonds is 7. The number of ether oxygens (including phenoxy) is 3. The smallest absolute Gasteiger partial charge is 0.261 e. The monoisotopic (exact) mass is 428 g/mol. The quantitative estimate of drug-likeness (QED) is 0.587. The Morgan fingerprint density at radius 2 is 2.17 bits per heavy atom. The summed E-state index contributed by atoms with van der Waals surface area (Å²) in [6.45, 7) is 1.16. The summed E-state index contributed by atoms with van der Waals surface area (Å²) in [6.07, 6.45) is 2.05. The summed E-state index contributed by atoms with van der Waals surface area (Å²) in [5.74, 6) is -0.118. The lowest BCUT2D eigenvalue weighted by molar-refractivity contribution is 0.0673. The van der Waals surface area contributed by atoms with Crippen LogP contribution in [0.25, 0.3) is 11.3 Å². The van der Waals surface area contributed by atoms with E-state index < -0.39 is 5.82 Å². The van der Waals surface area contributed by atoms with E-state index in [-0.39, 0.29) is 17.8 Å². The number of halogens is 1. The lowest BCUT2D eigenvalue weighted by atomic mass is 10.1. The van der Waals surface area contributed by atoms with Crippen molar-refractivity contribution in [3.8, 4) is 22.8 Å². The number of amides is 1. The molecule has 1 unspecified atom stereocenters. The number of thiazole rings is 1. The molecule has 156 valence electrons. The molecular weight excluding hydrogens is 407 g/mol. The van der Waals surface area contributed by atoms with Crippen molar-refractivity contribution in [3.05, 3.63) is 59.2 Å². The van der Waals surface area contributed by atoms with Gasteiger partial charge in [-0.05, 0) is 43.2 Å². The SMILES string of the molecule is COc1ccc(-c2csc(NC(=O)c3ccccc3OCC3CCCO3)n2)cc1F. The minimum absolute atomic E-state index is 0.0625. The second-order valence-electron chi connectivity index (χ2n) is 6.78. The molecule has 1 N–H and O–H groups in total. The first-order chi connectivity index (χ1) is 14.6. The van der Waals surface area contributed by atoms with E-state index in [0.29, 0.717) is 34.3 Å². The first-order valence-corrected chi connectivity index (χ1v) is 10.5. The zero-order chi connectivity index (χ0) is 20.9. The predicted molar refractivity (Wildman–Crippen MR) is 113 cm³/mol. The van der Waals surface area contributed by atoms with Gasteiger partial charge in [-0.3, -0.25) is 10.1 Å². The van der Waals surface area contributed by atoms with E-state index in [1.165, 1.54) is 24.5 Å². The van der Waals surface area contributed by atoms with Gasteiger partial charge >= 0.3 is 0 Å². The summed E-state index contributed by atoms with van der Waals surface area (Å²) in [5.41, 5.74) is 1.59. The Morgan fingerprint density at radius 3 is 2.93 bits per heavy atom. The van der Waals surface area contributed by atoms with E-state index in [1.54, 1.807) is 35.7 Å². The number of hydrogen-bond donors (Lipinski definition) is 1. The van der Waals surface area contributed by atoms with Crippen molar-refractivity contribution in [3.63, 3.8) is 0 Å². The van der Waals surface area contributed by atoms with Crippen LogP contribution in [0.1, 0.15) is 23.2 Å². The summed E-state index contributed by atoms with van der Waals surface area (Å²) in [6, 6.07) is 11.7. The highest BCUT2D eigenvalue weighted by molar-refractivity contribution is 7.14. The van der Waals surface area contributed by atoms with Gasteiger partial charge in [-0.25, -0.2) is 9.37 Å². The molecule has 2 heterocycles. The van der Waals surface area contributed by atoms with E-state index >= 15 is 0 Å². The zero-order valence-electron chi connectivity index (χ0n) is 16.4. The molecule has 0 spiro atoms. The third-order valence-corrected chi connectivity index (χ3v) is 5.51. The minimum Gasteiger partial charge on any atom is -0.494 e. The van der Waals surface area contributed by atoms with Gasteiger partial charge in [-0.2, -0.15) is 0 Å². The van der Waals surface area contributed by atoms with Crippen molar-refractivity contribution in [2.45, 2.75) is 18.9 Å². The van der Waals surface area contributed by atoms with Crippen molar-refractivity contribution in [1.29, 1.82) is 0 Å². The van der Waals surface area contributed by atoms with Gasteiger partial charge in [-0.1, -0.05) is 12.1 Å². The van der Waals surface area contributed by atoms with Crippen LogP contribution in [-0.2, 0) is 4.74 Å². The summed E-state index contributed by atoms with van der Waals surface area (Å²) in [7, 11) is 1.41. The van der Waals surface area contributed by atoms with Gasteiger partial charge in [0.2, 0.25) is 0 Å². The Balaban J connectivity index is 1.45. The molecule has 8 heteroatoms. The van der Waals surface area contributed by atoms with Gasteiger partial charge in [0.25, 0.3) is 5.91 Å². The van der Waals surface area contributed by atoms with Crippen LogP contribution in [0.3, 0.4) is 0 Å². The molecule has 1 aliphatic rings. The average Bonchev–Trinajstić information content (AvgIpc) is 3.44. The van der Waals surface area contributed by atoms with Crippen LogP contribution in [-0.4, -0.2) is 37.3 Å². The van der Waals surface area contributed by atoms with Crippen LogP contribution < -0.4 is 14.8 Å². The molecule has 1 aromatic heterocycles. The maximum absolute atomic E-state index is 14.0. The number of nitrogens with zero attached hydrogens (tertiary/aromatic N) is 1. The molecular formula is C22H21FN2O4S. The lowest BCUT2D eigenvalue weighted by Gasteiger charge is -2.14. The van der Waals surface area contributed by atoms with Crippen molar-refractivity contribution in [2.75, 3.05) is 25.6 Å². The van der Waals surface area contributed by atoms with Crippen LogP contribution in [0.15, 0.2) is 47.8 Å². The van der Waals surface area contributed by atoms with E-state index in [2.05, 4.69) is 10.3 Å². The number of hydrogen-bond acceptors (Lipinski definition) is 6. The molecule has 1 saturated heterocycles. The Bertz CT molecular complexity index is 1030. The number of nitrogens with one attached hydrogen (secondary N) is 1. The highest BCUT2D eigenvalue weighted by atomic mass is 32.1. The Morgan fingerprint density at radius 1 is 1.30 bits per heavy atom. The molecule has 1 fully saturated rings. The normalized spacial score (nSPS) is 15.7. The van der Waals surface area contributed by atoms with E-state index in [4.69, 9.17) is 14.2 Å².